The van der Waals surface area contributed by atoms with Gasteiger partial charge < -0.3 is 10.2 Å². The first-order valence-electron chi connectivity index (χ1n) is 7.78. The fraction of sp³-hybridized carbons (Fsp3) is 0.647. The number of rotatable bonds is 8. The van der Waals surface area contributed by atoms with Crippen molar-refractivity contribution >= 4 is 5.69 Å². The Balaban J connectivity index is 3.16. The molecule has 2 unspecified atom stereocenters. The number of benzene rings is 1. The van der Waals surface area contributed by atoms with Gasteiger partial charge in [-0.2, -0.15) is 0 Å². The average Bonchev–Trinajstić information content (AvgIpc) is 2.47. The highest BCUT2D eigenvalue weighted by Gasteiger charge is 2.19. The molecule has 0 fully saturated rings. The molecule has 114 valence electrons. The van der Waals surface area contributed by atoms with Crippen LogP contribution < -0.4 is 10.2 Å². The standard InChI is InChI=1S/C17H29FN2/c1-6-8-11-20(13(3)7-2)17-10-9-15(18)12-16(17)14(4)19-5/h9-10,12-14,19H,6-8,11H2,1-5H3. The monoisotopic (exact) mass is 280 g/mol. The summed E-state index contributed by atoms with van der Waals surface area (Å²) in [6, 6.07) is 5.78. The maximum absolute atomic E-state index is 13.6. The highest BCUT2D eigenvalue weighted by Crippen LogP contribution is 2.29. The van der Waals surface area contributed by atoms with Gasteiger partial charge in [0, 0.05) is 24.3 Å². The quantitative estimate of drug-likeness (QED) is 0.753. The normalized spacial score (nSPS) is 14.1. The van der Waals surface area contributed by atoms with Crippen molar-refractivity contribution in [1.82, 2.24) is 5.32 Å². The van der Waals surface area contributed by atoms with Crippen LogP contribution in [-0.2, 0) is 0 Å². The summed E-state index contributed by atoms with van der Waals surface area (Å²) in [5, 5.41) is 3.22. The number of nitrogens with one attached hydrogen (secondary N) is 1. The van der Waals surface area contributed by atoms with Crippen molar-refractivity contribution in [3.8, 4) is 0 Å². The lowest BCUT2D eigenvalue weighted by atomic mass is 10.0. The molecule has 0 saturated carbocycles. The molecule has 0 saturated heterocycles. The van der Waals surface area contributed by atoms with E-state index >= 15 is 0 Å². The van der Waals surface area contributed by atoms with Crippen LogP contribution >= 0.6 is 0 Å². The van der Waals surface area contributed by atoms with Crippen molar-refractivity contribution < 1.29 is 4.39 Å². The molecule has 2 atom stereocenters. The summed E-state index contributed by atoms with van der Waals surface area (Å²) in [5.74, 6) is -0.162. The third-order valence-corrected chi connectivity index (χ3v) is 4.07. The Morgan fingerprint density at radius 2 is 1.95 bits per heavy atom. The van der Waals surface area contributed by atoms with Crippen LogP contribution in [0.3, 0.4) is 0 Å². The maximum Gasteiger partial charge on any atom is 0.123 e. The van der Waals surface area contributed by atoms with Crippen LogP contribution in [0.15, 0.2) is 18.2 Å². The van der Waals surface area contributed by atoms with Gasteiger partial charge in [-0.1, -0.05) is 20.3 Å². The van der Waals surface area contributed by atoms with E-state index in [-0.39, 0.29) is 11.9 Å². The van der Waals surface area contributed by atoms with E-state index in [0.717, 1.165) is 30.6 Å². The van der Waals surface area contributed by atoms with Gasteiger partial charge in [-0.25, -0.2) is 4.39 Å². The molecule has 0 aliphatic rings. The molecule has 1 aromatic carbocycles. The molecular weight excluding hydrogens is 251 g/mol. The summed E-state index contributed by atoms with van der Waals surface area (Å²) in [5.41, 5.74) is 2.21. The van der Waals surface area contributed by atoms with E-state index in [9.17, 15) is 4.39 Å². The second kappa shape index (κ2) is 8.25. The SMILES string of the molecule is CCCCN(c1ccc(F)cc1C(C)NC)C(C)CC. The Hall–Kier alpha value is -1.09. The first-order chi connectivity index (χ1) is 9.54. The first-order valence-corrected chi connectivity index (χ1v) is 7.78. The van der Waals surface area contributed by atoms with Gasteiger partial charge in [-0.3, -0.25) is 0 Å². The first kappa shape index (κ1) is 17.0. The van der Waals surface area contributed by atoms with E-state index in [0.29, 0.717) is 6.04 Å². The van der Waals surface area contributed by atoms with Crippen molar-refractivity contribution in [2.45, 2.75) is 59.0 Å². The molecule has 1 aromatic rings. The van der Waals surface area contributed by atoms with Crippen LogP contribution in [0.25, 0.3) is 0 Å². The lowest BCUT2D eigenvalue weighted by molar-refractivity contribution is 0.576. The van der Waals surface area contributed by atoms with Gasteiger partial charge in [0.25, 0.3) is 0 Å². The zero-order chi connectivity index (χ0) is 15.1. The van der Waals surface area contributed by atoms with Crippen LogP contribution in [0.5, 0.6) is 0 Å². The summed E-state index contributed by atoms with van der Waals surface area (Å²) in [4.78, 5) is 2.42. The largest absolute Gasteiger partial charge is 0.369 e. The van der Waals surface area contributed by atoms with Gasteiger partial charge >= 0.3 is 0 Å². The molecule has 0 heterocycles. The Kier molecular flexibility index (Phi) is 7.00. The van der Waals surface area contributed by atoms with E-state index in [4.69, 9.17) is 0 Å². The molecule has 20 heavy (non-hydrogen) atoms. The number of anilines is 1. The molecule has 0 radical (unpaired) electrons. The average molecular weight is 280 g/mol. The fourth-order valence-electron chi connectivity index (χ4n) is 2.42. The number of halogens is 1. The molecule has 3 heteroatoms. The van der Waals surface area contributed by atoms with E-state index in [1.54, 1.807) is 12.1 Å². The molecule has 0 spiro atoms. The predicted molar refractivity (Wildman–Crippen MR) is 85.9 cm³/mol. The van der Waals surface area contributed by atoms with Crippen molar-refractivity contribution in [2.75, 3.05) is 18.5 Å². The van der Waals surface area contributed by atoms with E-state index < -0.39 is 0 Å². The molecule has 0 aliphatic carbocycles. The van der Waals surface area contributed by atoms with E-state index in [1.165, 1.54) is 6.42 Å². The predicted octanol–water partition coefficient (Wildman–Crippen LogP) is 4.51. The van der Waals surface area contributed by atoms with E-state index in [1.807, 2.05) is 13.1 Å². The second-order valence-corrected chi connectivity index (χ2v) is 5.52. The molecule has 0 aromatic heterocycles. The smallest absolute Gasteiger partial charge is 0.123 e. The van der Waals surface area contributed by atoms with Gasteiger partial charge in [0.05, 0.1) is 0 Å². The summed E-state index contributed by atoms with van der Waals surface area (Å²) in [6.45, 7) is 9.76. The van der Waals surface area contributed by atoms with Crippen LogP contribution in [-0.4, -0.2) is 19.6 Å². The van der Waals surface area contributed by atoms with Gasteiger partial charge in [-0.05, 0) is 57.5 Å². The third kappa shape index (κ3) is 4.20. The highest BCUT2D eigenvalue weighted by molar-refractivity contribution is 5.56. The summed E-state index contributed by atoms with van der Waals surface area (Å²) in [6.07, 6.45) is 3.43. The highest BCUT2D eigenvalue weighted by atomic mass is 19.1. The topological polar surface area (TPSA) is 15.3 Å². The van der Waals surface area contributed by atoms with Crippen LogP contribution in [0, 0.1) is 5.82 Å². The van der Waals surface area contributed by atoms with Crippen molar-refractivity contribution in [3.05, 3.63) is 29.6 Å². The lowest BCUT2D eigenvalue weighted by Gasteiger charge is -2.33. The summed E-state index contributed by atoms with van der Waals surface area (Å²) in [7, 11) is 1.92. The minimum atomic E-state index is -0.162. The number of unbranched alkanes of at least 4 members (excludes halogenated alkanes) is 1. The fourth-order valence-corrected chi connectivity index (χ4v) is 2.42. The second-order valence-electron chi connectivity index (χ2n) is 5.52. The van der Waals surface area contributed by atoms with Crippen LogP contribution in [0.2, 0.25) is 0 Å². The van der Waals surface area contributed by atoms with Crippen LogP contribution in [0.4, 0.5) is 10.1 Å². The lowest BCUT2D eigenvalue weighted by Crippen LogP contribution is -2.35. The molecule has 1 N–H and O–H groups in total. The van der Waals surface area contributed by atoms with Gasteiger partial charge in [0.1, 0.15) is 5.82 Å². The molecule has 1 rings (SSSR count). The van der Waals surface area contributed by atoms with Crippen molar-refractivity contribution in [2.24, 2.45) is 0 Å². The minimum Gasteiger partial charge on any atom is -0.369 e. The number of hydrogen-bond donors (Lipinski definition) is 1. The van der Waals surface area contributed by atoms with Gasteiger partial charge in [0.2, 0.25) is 0 Å². The zero-order valence-corrected chi connectivity index (χ0v) is 13.5. The molecule has 0 bridgehead atoms. The van der Waals surface area contributed by atoms with Gasteiger partial charge in [0.15, 0.2) is 0 Å². The Morgan fingerprint density at radius 1 is 1.25 bits per heavy atom. The summed E-state index contributed by atoms with van der Waals surface area (Å²) < 4.78 is 13.6. The third-order valence-electron chi connectivity index (χ3n) is 4.07. The summed E-state index contributed by atoms with van der Waals surface area (Å²) >= 11 is 0. The maximum atomic E-state index is 13.6. The van der Waals surface area contributed by atoms with Gasteiger partial charge in [-0.15, -0.1) is 0 Å². The zero-order valence-electron chi connectivity index (χ0n) is 13.5. The number of nitrogens with zero attached hydrogens (tertiary/aromatic N) is 1. The Labute approximate surface area is 123 Å². The Morgan fingerprint density at radius 3 is 2.50 bits per heavy atom. The molecule has 0 amide bonds. The molecule has 0 aliphatic heterocycles. The Bertz CT molecular complexity index is 406. The van der Waals surface area contributed by atoms with E-state index in [2.05, 4.69) is 37.9 Å². The van der Waals surface area contributed by atoms with Crippen molar-refractivity contribution in [3.63, 3.8) is 0 Å². The minimum absolute atomic E-state index is 0.147. The molecule has 2 nitrogen and oxygen atoms in total. The molecular formula is C17H29FN2. The number of hydrogen-bond acceptors (Lipinski definition) is 2. The van der Waals surface area contributed by atoms with Crippen LogP contribution in [0.1, 0.15) is 58.6 Å². The van der Waals surface area contributed by atoms with Crippen molar-refractivity contribution in [1.29, 1.82) is 0 Å².